The number of aryl methyl sites for hydroxylation is 1. The fourth-order valence-corrected chi connectivity index (χ4v) is 5.01. The zero-order valence-electron chi connectivity index (χ0n) is 18.1. The minimum atomic E-state index is -0.342. The molecule has 6 rings (SSSR count). The van der Waals surface area contributed by atoms with Gasteiger partial charge in [-0.1, -0.05) is 35.9 Å². The SMILES string of the molecule is CSc1ccc([C@H]2Oc3ccc(C)cc3C3=C2[C@H](c2ccc(F)cc2)n2ncnc2N3)cc1. The van der Waals surface area contributed by atoms with Gasteiger partial charge in [-0.3, -0.25) is 0 Å². The number of hydrogen-bond donors (Lipinski definition) is 1. The molecule has 1 N–H and O–H groups in total. The molecule has 2 atom stereocenters. The van der Waals surface area contributed by atoms with Crippen molar-refractivity contribution in [1.29, 1.82) is 0 Å². The third kappa shape index (κ3) is 3.31. The number of hydrogen-bond acceptors (Lipinski definition) is 5. The Labute approximate surface area is 195 Å². The summed E-state index contributed by atoms with van der Waals surface area (Å²) in [7, 11) is 0. The van der Waals surface area contributed by atoms with Crippen molar-refractivity contribution in [2.45, 2.75) is 24.0 Å². The van der Waals surface area contributed by atoms with Gasteiger partial charge in [-0.15, -0.1) is 11.8 Å². The predicted octanol–water partition coefficient (Wildman–Crippen LogP) is 6.01. The highest BCUT2D eigenvalue weighted by atomic mass is 32.2. The normalized spacial score (nSPS) is 18.6. The van der Waals surface area contributed by atoms with Crippen molar-refractivity contribution in [3.63, 3.8) is 0 Å². The lowest BCUT2D eigenvalue weighted by atomic mass is 9.84. The zero-order chi connectivity index (χ0) is 22.5. The summed E-state index contributed by atoms with van der Waals surface area (Å²) >= 11 is 1.70. The Morgan fingerprint density at radius 1 is 1.00 bits per heavy atom. The number of ether oxygens (including phenoxy) is 1. The van der Waals surface area contributed by atoms with Crippen molar-refractivity contribution in [3.8, 4) is 5.75 Å². The van der Waals surface area contributed by atoms with Crippen LogP contribution in [-0.2, 0) is 0 Å². The lowest BCUT2D eigenvalue weighted by Gasteiger charge is -2.39. The molecular weight excluding hydrogens is 435 g/mol. The maximum Gasteiger partial charge on any atom is 0.226 e. The van der Waals surface area contributed by atoms with Crippen molar-refractivity contribution in [1.82, 2.24) is 14.8 Å². The van der Waals surface area contributed by atoms with Crippen LogP contribution in [0.5, 0.6) is 5.75 Å². The number of fused-ring (bicyclic) bond motifs is 3. The summed E-state index contributed by atoms with van der Waals surface area (Å²) < 4.78 is 22.3. The molecule has 2 aliphatic rings. The topological polar surface area (TPSA) is 52.0 Å². The zero-order valence-corrected chi connectivity index (χ0v) is 18.9. The minimum absolute atomic E-state index is 0.272. The molecular formula is C26H21FN4OS. The van der Waals surface area contributed by atoms with E-state index in [0.717, 1.165) is 39.3 Å². The van der Waals surface area contributed by atoms with Gasteiger partial charge in [0.05, 0.1) is 5.70 Å². The van der Waals surface area contributed by atoms with E-state index in [-0.39, 0.29) is 18.0 Å². The molecule has 0 fully saturated rings. The second kappa shape index (κ2) is 7.78. The Morgan fingerprint density at radius 3 is 2.52 bits per heavy atom. The monoisotopic (exact) mass is 456 g/mol. The largest absolute Gasteiger partial charge is 0.480 e. The average molecular weight is 457 g/mol. The molecule has 4 aromatic rings. The average Bonchev–Trinajstić information content (AvgIpc) is 3.31. The first-order valence-corrected chi connectivity index (χ1v) is 11.9. The van der Waals surface area contributed by atoms with E-state index in [9.17, 15) is 4.39 Å². The Balaban J connectivity index is 1.61. The maximum atomic E-state index is 13.8. The highest BCUT2D eigenvalue weighted by Crippen LogP contribution is 2.50. The van der Waals surface area contributed by atoms with Crippen molar-refractivity contribution in [2.75, 3.05) is 11.6 Å². The maximum absolute atomic E-state index is 13.8. The molecule has 0 spiro atoms. The van der Waals surface area contributed by atoms with Crippen molar-refractivity contribution in [3.05, 3.63) is 107 Å². The molecule has 0 bridgehead atoms. The van der Waals surface area contributed by atoms with Gasteiger partial charge in [0, 0.05) is 16.0 Å². The van der Waals surface area contributed by atoms with Gasteiger partial charge in [0.1, 0.15) is 30.0 Å². The molecule has 3 aromatic carbocycles. The van der Waals surface area contributed by atoms with Crippen LogP contribution >= 0.6 is 11.8 Å². The molecule has 0 radical (unpaired) electrons. The molecule has 0 saturated carbocycles. The Bertz CT molecular complexity index is 1380. The summed E-state index contributed by atoms with van der Waals surface area (Å²) in [5.41, 5.74) is 6.08. The molecule has 0 aliphatic carbocycles. The Morgan fingerprint density at radius 2 is 1.76 bits per heavy atom. The first-order chi connectivity index (χ1) is 16.1. The van der Waals surface area contributed by atoms with Crippen LogP contribution in [0.1, 0.15) is 34.4 Å². The van der Waals surface area contributed by atoms with Gasteiger partial charge in [0.15, 0.2) is 0 Å². The summed E-state index contributed by atoms with van der Waals surface area (Å²) in [5, 5.41) is 8.02. The van der Waals surface area contributed by atoms with E-state index in [1.807, 2.05) is 10.7 Å². The molecule has 0 amide bonds. The summed E-state index contributed by atoms with van der Waals surface area (Å²) in [6.45, 7) is 2.07. The Hall–Kier alpha value is -3.58. The predicted molar refractivity (Wildman–Crippen MR) is 128 cm³/mol. The second-order valence-corrected chi connectivity index (χ2v) is 9.09. The van der Waals surface area contributed by atoms with E-state index in [4.69, 9.17) is 4.74 Å². The van der Waals surface area contributed by atoms with Gasteiger partial charge in [0.2, 0.25) is 5.95 Å². The van der Waals surface area contributed by atoms with Crippen LogP contribution in [-0.4, -0.2) is 21.0 Å². The fraction of sp³-hybridized carbons (Fsp3) is 0.154. The molecule has 3 heterocycles. The van der Waals surface area contributed by atoms with Gasteiger partial charge in [-0.05, 0) is 60.7 Å². The van der Waals surface area contributed by atoms with Crippen molar-refractivity contribution < 1.29 is 9.13 Å². The summed E-state index contributed by atoms with van der Waals surface area (Å²) in [6, 6.07) is 20.9. The lowest BCUT2D eigenvalue weighted by molar-refractivity contribution is 0.223. The van der Waals surface area contributed by atoms with E-state index in [1.54, 1.807) is 23.9 Å². The van der Waals surface area contributed by atoms with Gasteiger partial charge >= 0.3 is 0 Å². The van der Waals surface area contributed by atoms with E-state index in [0.29, 0.717) is 5.95 Å². The lowest BCUT2D eigenvalue weighted by Crippen LogP contribution is -2.32. The van der Waals surface area contributed by atoms with E-state index < -0.39 is 0 Å². The van der Waals surface area contributed by atoms with Gasteiger partial charge in [-0.2, -0.15) is 10.1 Å². The van der Waals surface area contributed by atoms with Gasteiger partial charge in [-0.25, -0.2) is 9.07 Å². The van der Waals surface area contributed by atoms with E-state index in [1.165, 1.54) is 23.4 Å². The molecule has 0 saturated heterocycles. The molecule has 33 heavy (non-hydrogen) atoms. The number of benzene rings is 3. The number of anilines is 1. The second-order valence-electron chi connectivity index (χ2n) is 8.21. The third-order valence-corrected chi connectivity index (χ3v) is 6.92. The molecule has 164 valence electrons. The first kappa shape index (κ1) is 20.1. The highest BCUT2D eigenvalue weighted by Gasteiger charge is 2.40. The van der Waals surface area contributed by atoms with Crippen LogP contribution in [0.3, 0.4) is 0 Å². The summed E-state index contributed by atoms with van der Waals surface area (Å²) in [6.07, 6.45) is 3.26. The molecule has 2 aliphatic heterocycles. The molecule has 0 unspecified atom stereocenters. The number of halogens is 1. The van der Waals surface area contributed by atoms with E-state index in [2.05, 4.69) is 65.0 Å². The molecule has 7 heteroatoms. The number of rotatable bonds is 3. The smallest absolute Gasteiger partial charge is 0.226 e. The highest BCUT2D eigenvalue weighted by molar-refractivity contribution is 7.98. The summed E-state index contributed by atoms with van der Waals surface area (Å²) in [4.78, 5) is 5.64. The number of nitrogens with zero attached hydrogens (tertiary/aromatic N) is 3. The van der Waals surface area contributed by atoms with Gasteiger partial charge in [0.25, 0.3) is 0 Å². The molecule has 5 nitrogen and oxygen atoms in total. The molecule has 1 aromatic heterocycles. The van der Waals surface area contributed by atoms with Crippen molar-refractivity contribution in [2.24, 2.45) is 0 Å². The van der Waals surface area contributed by atoms with Crippen LogP contribution in [0.25, 0.3) is 5.70 Å². The van der Waals surface area contributed by atoms with Crippen molar-refractivity contribution >= 4 is 23.4 Å². The van der Waals surface area contributed by atoms with Crippen LogP contribution < -0.4 is 10.1 Å². The quantitative estimate of drug-likeness (QED) is 0.383. The minimum Gasteiger partial charge on any atom is -0.480 e. The number of aromatic nitrogens is 3. The van der Waals surface area contributed by atoms with Crippen LogP contribution in [0.4, 0.5) is 10.3 Å². The fourth-order valence-electron chi connectivity index (χ4n) is 4.60. The number of nitrogens with one attached hydrogen (secondary N) is 1. The Kier molecular flexibility index (Phi) is 4.73. The van der Waals surface area contributed by atoms with Crippen LogP contribution in [0, 0.1) is 12.7 Å². The van der Waals surface area contributed by atoms with Crippen LogP contribution in [0.2, 0.25) is 0 Å². The third-order valence-electron chi connectivity index (χ3n) is 6.17. The first-order valence-electron chi connectivity index (χ1n) is 10.7. The summed E-state index contributed by atoms with van der Waals surface area (Å²) in [5.74, 6) is 1.19. The van der Waals surface area contributed by atoms with E-state index >= 15 is 0 Å². The standard InChI is InChI=1S/C26H21FN4OS/c1-15-3-12-21-20(13-15)23-22(25(32-21)17-6-10-19(33-2)11-7-17)24(16-4-8-18(27)9-5-16)31-26(30-23)28-14-29-31/h3-14,24-25H,1-2H3,(H,28,29,30)/t24-,25+/m0/s1. The number of thioether (sulfide) groups is 1. The van der Waals surface area contributed by atoms with Crippen LogP contribution in [0.15, 0.2) is 83.5 Å². The van der Waals surface area contributed by atoms with Gasteiger partial charge < -0.3 is 10.1 Å².